The molecule has 1 N–H and O–H groups in total. The molecule has 0 radical (unpaired) electrons. The number of nitro groups is 1. The standard InChI is InChI=1S/C20H23N3O5S/c1-15-18(6-5-7-19(15)23(25)26)21-20(24)14-16-8-10-17(11-9-16)29(27,28)22-12-3-2-4-13-22/h5-11H,2-4,12-14H2,1H3,(H,21,24). The molecule has 0 unspecified atom stereocenters. The fraction of sp³-hybridized carbons (Fsp3) is 0.350. The molecule has 0 saturated carbocycles. The largest absolute Gasteiger partial charge is 0.325 e. The highest BCUT2D eigenvalue weighted by atomic mass is 32.2. The fourth-order valence-electron chi connectivity index (χ4n) is 3.37. The molecule has 0 bridgehead atoms. The van der Waals surface area contributed by atoms with Crippen molar-refractivity contribution in [1.29, 1.82) is 0 Å². The van der Waals surface area contributed by atoms with E-state index in [4.69, 9.17) is 0 Å². The second-order valence-electron chi connectivity index (χ2n) is 7.04. The number of hydrogen-bond donors (Lipinski definition) is 1. The molecular formula is C20H23N3O5S. The van der Waals surface area contributed by atoms with Crippen molar-refractivity contribution >= 4 is 27.3 Å². The van der Waals surface area contributed by atoms with Crippen molar-refractivity contribution in [2.24, 2.45) is 0 Å². The van der Waals surface area contributed by atoms with E-state index < -0.39 is 14.9 Å². The average Bonchev–Trinajstić information content (AvgIpc) is 2.70. The van der Waals surface area contributed by atoms with Crippen molar-refractivity contribution in [2.45, 2.75) is 37.5 Å². The zero-order chi connectivity index (χ0) is 21.0. The van der Waals surface area contributed by atoms with Gasteiger partial charge in [-0.15, -0.1) is 0 Å². The second kappa shape index (κ2) is 8.71. The van der Waals surface area contributed by atoms with Crippen LogP contribution >= 0.6 is 0 Å². The second-order valence-corrected chi connectivity index (χ2v) is 8.98. The number of nitrogens with zero attached hydrogens (tertiary/aromatic N) is 2. The molecule has 29 heavy (non-hydrogen) atoms. The number of piperidine rings is 1. The summed E-state index contributed by atoms with van der Waals surface area (Å²) in [5.41, 5.74) is 1.36. The third-order valence-corrected chi connectivity index (χ3v) is 6.93. The highest BCUT2D eigenvalue weighted by Gasteiger charge is 2.25. The van der Waals surface area contributed by atoms with Crippen LogP contribution in [0, 0.1) is 17.0 Å². The van der Waals surface area contributed by atoms with Crippen molar-refractivity contribution in [1.82, 2.24) is 4.31 Å². The number of carbonyl (C=O) groups is 1. The topological polar surface area (TPSA) is 110 Å². The third-order valence-electron chi connectivity index (χ3n) is 5.02. The quantitative estimate of drug-likeness (QED) is 0.573. The van der Waals surface area contributed by atoms with E-state index in [2.05, 4.69) is 5.32 Å². The van der Waals surface area contributed by atoms with Gasteiger partial charge in [-0.1, -0.05) is 24.6 Å². The van der Waals surface area contributed by atoms with Gasteiger partial charge in [0.05, 0.1) is 27.5 Å². The van der Waals surface area contributed by atoms with Crippen molar-refractivity contribution in [2.75, 3.05) is 18.4 Å². The Morgan fingerprint density at radius 1 is 1.10 bits per heavy atom. The summed E-state index contributed by atoms with van der Waals surface area (Å²) in [4.78, 5) is 23.1. The summed E-state index contributed by atoms with van der Waals surface area (Å²) >= 11 is 0. The zero-order valence-corrected chi connectivity index (χ0v) is 16.9. The van der Waals surface area contributed by atoms with Gasteiger partial charge < -0.3 is 5.32 Å². The molecule has 1 fully saturated rings. The first-order chi connectivity index (χ1) is 13.8. The summed E-state index contributed by atoms with van der Waals surface area (Å²) in [5.74, 6) is -0.333. The van der Waals surface area contributed by atoms with E-state index in [0.29, 0.717) is 29.9 Å². The van der Waals surface area contributed by atoms with Crippen LogP contribution in [0.4, 0.5) is 11.4 Å². The Kier molecular flexibility index (Phi) is 6.29. The number of carbonyl (C=O) groups excluding carboxylic acids is 1. The number of hydrogen-bond acceptors (Lipinski definition) is 5. The lowest BCUT2D eigenvalue weighted by molar-refractivity contribution is -0.385. The van der Waals surface area contributed by atoms with Crippen LogP contribution in [0.3, 0.4) is 0 Å². The number of anilines is 1. The normalized spacial score (nSPS) is 15.1. The van der Waals surface area contributed by atoms with E-state index in [1.54, 1.807) is 25.1 Å². The van der Waals surface area contributed by atoms with Gasteiger partial charge in [0.1, 0.15) is 0 Å². The van der Waals surface area contributed by atoms with Crippen LogP contribution < -0.4 is 5.32 Å². The molecule has 1 heterocycles. The Balaban J connectivity index is 1.68. The predicted octanol–water partition coefficient (Wildman–Crippen LogP) is 3.26. The minimum absolute atomic E-state index is 0.0339. The number of nitro benzene ring substituents is 1. The summed E-state index contributed by atoms with van der Waals surface area (Å²) in [5, 5.41) is 13.7. The molecule has 0 aromatic heterocycles. The van der Waals surface area contributed by atoms with Crippen molar-refractivity contribution in [3.8, 4) is 0 Å². The summed E-state index contributed by atoms with van der Waals surface area (Å²) in [7, 11) is -3.51. The van der Waals surface area contributed by atoms with Gasteiger partial charge in [-0.25, -0.2) is 8.42 Å². The van der Waals surface area contributed by atoms with E-state index in [1.165, 1.54) is 28.6 Å². The summed E-state index contributed by atoms with van der Waals surface area (Å²) < 4.78 is 26.9. The molecular weight excluding hydrogens is 394 g/mol. The maximum Gasteiger partial charge on any atom is 0.274 e. The predicted molar refractivity (Wildman–Crippen MR) is 109 cm³/mol. The first-order valence-corrected chi connectivity index (χ1v) is 10.9. The molecule has 1 saturated heterocycles. The molecule has 2 aromatic rings. The lowest BCUT2D eigenvalue weighted by Gasteiger charge is -2.25. The van der Waals surface area contributed by atoms with Crippen molar-refractivity contribution in [3.05, 3.63) is 63.7 Å². The Morgan fingerprint density at radius 2 is 1.76 bits per heavy atom. The van der Waals surface area contributed by atoms with E-state index in [1.807, 2.05) is 0 Å². The number of benzene rings is 2. The van der Waals surface area contributed by atoms with Crippen molar-refractivity contribution in [3.63, 3.8) is 0 Å². The zero-order valence-electron chi connectivity index (χ0n) is 16.1. The van der Waals surface area contributed by atoms with Gasteiger partial charge in [0.25, 0.3) is 5.69 Å². The maximum absolute atomic E-state index is 12.7. The molecule has 0 spiro atoms. The molecule has 2 aromatic carbocycles. The molecule has 9 heteroatoms. The number of sulfonamides is 1. The van der Waals surface area contributed by atoms with E-state index in [0.717, 1.165) is 19.3 Å². The Labute approximate surface area is 169 Å². The lowest BCUT2D eigenvalue weighted by Crippen LogP contribution is -2.35. The van der Waals surface area contributed by atoms with Crippen LogP contribution in [0.15, 0.2) is 47.4 Å². The fourth-order valence-corrected chi connectivity index (χ4v) is 4.89. The van der Waals surface area contributed by atoms with Crippen LogP contribution in [0.5, 0.6) is 0 Å². The van der Waals surface area contributed by atoms with Crippen LogP contribution in [0.25, 0.3) is 0 Å². The minimum Gasteiger partial charge on any atom is -0.325 e. The Morgan fingerprint density at radius 3 is 2.38 bits per heavy atom. The minimum atomic E-state index is -3.51. The first kappa shape index (κ1) is 20.9. The number of nitrogens with one attached hydrogen (secondary N) is 1. The van der Waals surface area contributed by atoms with E-state index in [-0.39, 0.29) is 22.9 Å². The van der Waals surface area contributed by atoms with E-state index >= 15 is 0 Å². The summed E-state index contributed by atoms with van der Waals surface area (Å²) in [6.07, 6.45) is 2.82. The molecule has 154 valence electrons. The molecule has 3 rings (SSSR count). The lowest BCUT2D eigenvalue weighted by atomic mass is 10.1. The molecule has 0 atom stereocenters. The maximum atomic E-state index is 12.7. The monoisotopic (exact) mass is 417 g/mol. The van der Waals surface area contributed by atoms with Gasteiger partial charge in [-0.05, 0) is 43.5 Å². The van der Waals surface area contributed by atoms with Crippen LogP contribution in [0.1, 0.15) is 30.4 Å². The van der Waals surface area contributed by atoms with Crippen LogP contribution in [-0.2, 0) is 21.2 Å². The van der Waals surface area contributed by atoms with Gasteiger partial charge in [0.15, 0.2) is 0 Å². The number of amides is 1. The van der Waals surface area contributed by atoms with Crippen LogP contribution in [-0.4, -0.2) is 36.6 Å². The summed E-state index contributed by atoms with van der Waals surface area (Å²) in [6.45, 7) is 2.65. The smallest absolute Gasteiger partial charge is 0.274 e. The molecule has 1 aliphatic rings. The SMILES string of the molecule is Cc1c(NC(=O)Cc2ccc(S(=O)(=O)N3CCCCC3)cc2)cccc1[N+](=O)[O-]. The van der Waals surface area contributed by atoms with Crippen molar-refractivity contribution < 1.29 is 18.1 Å². The van der Waals surface area contributed by atoms with Gasteiger partial charge in [-0.2, -0.15) is 4.31 Å². The first-order valence-electron chi connectivity index (χ1n) is 9.42. The third kappa shape index (κ3) is 4.80. The van der Waals surface area contributed by atoms with Gasteiger partial charge >= 0.3 is 0 Å². The summed E-state index contributed by atoms with van der Waals surface area (Å²) in [6, 6.07) is 10.8. The number of rotatable bonds is 6. The molecule has 8 nitrogen and oxygen atoms in total. The van der Waals surface area contributed by atoms with Crippen LogP contribution in [0.2, 0.25) is 0 Å². The Hall–Kier alpha value is -2.78. The molecule has 0 aliphatic carbocycles. The van der Waals surface area contributed by atoms with Gasteiger partial charge in [-0.3, -0.25) is 14.9 Å². The molecule has 1 amide bonds. The Bertz CT molecular complexity index is 1010. The highest BCUT2D eigenvalue weighted by Crippen LogP contribution is 2.25. The van der Waals surface area contributed by atoms with Gasteiger partial charge in [0.2, 0.25) is 15.9 Å². The average molecular weight is 417 g/mol. The molecule has 1 aliphatic heterocycles. The van der Waals surface area contributed by atoms with Gasteiger partial charge in [0, 0.05) is 19.2 Å². The highest BCUT2D eigenvalue weighted by molar-refractivity contribution is 7.89. The van der Waals surface area contributed by atoms with E-state index in [9.17, 15) is 23.3 Å².